The Kier molecular flexibility index (Phi) is 3.94. The number of anilines is 1. The summed E-state index contributed by atoms with van der Waals surface area (Å²) in [5.74, 6) is 1.37. The van der Waals surface area contributed by atoms with Gasteiger partial charge in [-0.15, -0.1) is 0 Å². The maximum atomic E-state index is 4.47. The van der Waals surface area contributed by atoms with E-state index in [1.807, 2.05) is 12.4 Å². The highest BCUT2D eigenvalue weighted by molar-refractivity contribution is 5.28. The predicted octanol–water partition coefficient (Wildman–Crippen LogP) is 1.06. The molecule has 0 radical (unpaired) electrons. The Morgan fingerprint density at radius 3 is 2.79 bits per heavy atom. The van der Waals surface area contributed by atoms with Crippen LogP contribution in [0.15, 0.2) is 12.4 Å². The molecule has 3 heterocycles. The van der Waals surface area contributed by atoms with Crippen molar-refractivity contribution in [1.29, 1.82) is 0 Å². The number of hydrogen-bond acceptors (Lipinski definition) is 5. The van der Waals surface area contributed by atoms with Gasteiger partial charge in [-0.2, -0.15) is 0 Å². The normalized spacial score (nSPS) is 28.5. The average molecular weight is 261 g/mol. The zero-order valence-electron chi connectivity index (χ0n) is 11.6. The first-order chi connectivity index (χ1) is 9.31. The molecular formula is C14H23N5. The smallest absolute Gasteiger partial charge is 0.222 e. The van der Waals surface area contributed by atoms with Gasteiger partial charge in [-0.3, -0.25) is 0 Å². The van der Waals surface area contributed by atoms with Crippen LogP contribution in [0.4, 0.5) is 5.95 Å². The highest BCUT2D eigenvalue weighted by Gasteiger charge is 2.21. The Morgan fingerprint density at radius 2 is 2.16 bits per heavy atom. The van der Waals surface area contributed by atoms with Gasteiger partial charge in [0.2, 0.25) is 5.95 Å². The Bertz CT molecular complexity index is 399. The molecule has 0 aliphatic carbocycles. The standard InChI is InChI=1S/C14H23N5/c1-19-6-4-11(10-19)12-7-16-14(17-8-12)18-13-3-2-5-15-9-13/h7-8,11,13,15H,2-6,9-10H2,1H3,(H,16,17,18). The summed E-state index contributed by atoms with van der Waals surface area (Å²) in [6, 6.07) is 0.470. The third-order valence-electron chi connectivity index (χ3n) is 4.16. The Morgan fingerprint density at radius 1 is 1.32 bits per heavy atom. The van der Waals surface area contributed by atoms with Crippen molar-refractivity contribution < 1.29 is 0 Å². The van der Waals surface area contributed by atoms with E-state index in [2.05, 4.69) is 32.5 Å². The van der Waals surface area contributed by atoms with E-state index >= 15 is 0 Å². The van der Waals surface area contributed by atoms with Gasteiger partial charge in [0, 0.05) is 37.4 Å². The minimum atomic E-state index is 0.470. The van der Waals surface area contributed by atoms with E-state index in [1.165, 1.54) is 31.4 Å². The fraction of sp³-hybridized carbons (Fsp3) is 0.714. The fourth-order valence-electron chi connectivity index (χ4n) is 2.99. The third-order valence-corrected chi connectivity index (χ3v) is 4.16. The highest BCUT2D eigenvalue weighted by atomic mass is 15.1. The van der Waals surface area contributed by atoms with E-state index in [-0.39, 0.29) is 0 Å². The lowest BCUT2D eigenvalue weighted by Gasteiger charge is -2.23. The van der Waals surface area contributed by atoms with Crippen molar-refractivity contribution in [2.75, 3.05) is 38.5 Å². The van der Waals surface area contributed by atoms with E-state index in [9.17, 15) is 0 Å². The predicted molar refractivity (Wildman–Crippen MR) is 76.4 cm³/mol. The molecule has 5 heteroatoms. The van der Waals surface area contributed by atoms with Gasteiger partial charge in [0.15, 0.2) is 0 Å². The van der Waals surface area contributed by atoms with Gasteiger partial charge in [-0.05, 0) is 45.0 Å². The summed E-state index contributed by atoms with van der Waals surface area (Å²) >= 11 is 0. The van der Waals surface area contributed by atoms with Crippen LogP contribution in [0.1, 0.15) is 30.7 Å². The van der Waals surface area contributed by atoms with Crippen LogP contribution in [0, 0.1) is 0 Å². The van der Waals surface area contributed by atoms with Gasteiger partial charge in [0.25, 0.3) is 0 Å². The topological polar surface area (TPSA) is 53.1 Å². The van der Waals surface area contributed by atoms with E-state index in [4.69, 9.17) is 0 Å². The van der Waals surface area contributed by atoms with Crippen LogP contribution < -0.4 is 10.6 Å². The molecule has 3 rings (SSSR count). The molecule has 0 aromatic carbocycles. The maximum absolute atomic E-state index is 4.47. The SMILES string of the molecule is CN1CCC(c2cnc(NC3CCCNC3)nc2)C1. The number of aromatic nitrogens is 2. The number of nitrogens with one attached hydrogen (secondary N) is 2. The largest absolute Gasteiger partial charge is 0.350 e. The Balaban J connectivity index is 1.59. The first-order valence-electron chi connectivity index (χ1n) is 7.29. The van der Waals surface area contributed by atoms with Crippen molar-refractivity contribution in [3.8, 4) is 0 Å². The van der Waals surface area contributed by atoms with Crippen molar-refractivity contribution >= 4 is 5.95 Å². The third kappa shape index (κ3) is 3.22. The van der Waals surface area contributed by atoms with Crippen LogP contribution in [-0.4, -0.2) is 54.1 Å². The van der Waals surface area contributed by atoms with Gasteiger partial charge in [0.1, 0.15) is 0 Å². The monoisotopic (exact) mass is 261 g/mol. The fourth-order valence-corrected chi connectivity index (χ4v) is 2.99. The molecule has 2 aliphatic rings. The molecular weight excluding hydrogens is 238 g/mol. The molecule has 2 saturated heterocycles. The molecule has 2 fully saturated rings. The van der Waals surface area contributed by atoms with E-state index in [0.29, 0.717) is 12.0 Å². The van der Waals surface area contributed by atoms with Crippen molar-refractivity contribution in [3.63, 3.8) is 0 Å². The summed E-state index contributed by atoms with van der Waals surface area (Å²) in [4.78, 5) is 11.3. The summed E-state index contributed by atoms with van der Waals surface area (Å²) < 4.78 is 0. The first kappa shape index (κ1) is 12.8. The lowest BCUT2D eigenvalue weighted by molar-refractivity contribution is 0.411. The molecule has 1 aromatic rings. The van der Waals surface area contributed by atoms with E-state index < -0.39 is 0 Å². The second-order valence-electron chi connectivity index (χ2n) is 5.78. The molecule has 5 nitrogen and oxygen atoms in total. The maximum Gasteiger partial charge on any atom is 0.222 e. The lowest BCUT2D eigenvalue weighted by Crippen LogP contribution is -2.38. The molecule has 0 spiro atoms. The lowest BCUT2D eigenvalue weighted by atomic mass is 10.0. The minimum Gasteiger partial charge on any atom is -0.350 e. The summed E-state index contributed by atoms with van der Waals surface area (Å²) in [6.45, 7) is 4.45. The average Bonchev–Trinajstić information content (AvgIpc) is 2.87. The Labute approximate surface area is 114 Å². The van der Waals surface area contributed by atoms with Crippen molar-refractivity contribution in [1.82, 2.24) is 20.2 Å². The quantitative estimate of drug-likeness (QED) is 0.852. The van der Waals surface area contributed by atoms with Crippen LogP contribution in [0.25, 0.3) is 0 Å². The number of piperidine rings is 1. The summed E-state index contributed by atoms with van der Waals surface area (Å²) in [7, 11) is 2.17. The van der Waals surface area contributed by atoms with Gasteiger partial charge < -0.3 is 15.5 Å². The summed E-state index contributed by atoms with van der Waals surface area (Å²) in [5.41, 5.74) is 1.27. The van der Waals surface area contributed by atoms with E-state index in [0.717, 1.165) is 25.6 Å². The van der Waals surface area contributed by atoms with Crippen molar-refractivity contribution in [2.24, 2.45) is 0 Å². The molecule has 0 bridgehead atoms. The first-order valence-corrected chi connectivity index (χ1v) is 7.29. The van der Waals surface area contributed by atoms with Crippen LogP contribution in [0.5, 0.6) is 0 Å². The van der Waals surface area contributed by atoms with Gasteiger partial charge in [-0.1, -0.05) is 0 Å². The summed E-state index contributed by atoms with van der Waals surface area (Å²) in [5, 5.41) is 6.80. The molecule has 1 aromatic heterocycles. The number of likely N-dealkylation sites (tertiary alicyclic amines) is 1. The highest BCUT2D eigenvalue weighted by Crippen LogP contribution is 2.25. The molecule has 0 amide bonds. The number of nitrogens with zero attached hydrogens (tertiary/aromatic N) is 3. The minimum absolute atomic E-state index is 0.470. The molecule has 19 heavy (non-hydrogen) atoms. The molecule has 2 unspecified atom stereocenters. The zero-order chi connectivity index (χ0) is 13.1. The molecule has 0 saturated carbocycles. The van der Waals surface area contributed by atoms with Crippen LogP contribution >= 0.6 is 0 Å². The molecule has 2 aliphatic heterocycles. The number of rotatable bonds is 3. The number of likely N-dealkylation sites (N-methyl/N-ethyl adjacent to an activating group) is 1. The number of hydrogen-bond donors (Lipinski definition) is 2. The van der Waals surface area contributed by atoms with Crippen LogP contribution in [0.3, 0.4) is 0 Å². The molecule has 2 atom stereocenters. The van der Waals surface area contributed by atoms with E-state index in [1.54, 1.807) is 0 Å². The van der Waals surface area contributed by atoms with Gasteiger partial charge in [0.05, 0.1) is 0 Å². The van der Waals surface area contributed by atoms with Crippen LogP contribution in [0.2, 0.25) is 0 Å². The Hall–Kier alpha value is -1.20. The second-order valence-corrected chi connectivity index (χ2v) is 5.78. The molecule has 104 valence electrons. The second kappa shape index (κ2) is 5.84. The summed E-state index contributed by atoms with van der Waals surface area (Å²) in [6.07, 6.45) is 7.64. The van der Waals surface area contributed by atoms with Crippen LogP contribution in [-0.2, 0) is 0 Å². The van der Waals surface area contributed by atoms with Crippen molar-refractivity contribution in [3.05, 3.63) is 18.0 Å². The van der Waals surface area contributed by atoms with Crippen molar-refractivity contribution in [2.45, 2.75) is 31.2 Å². The zero-order valence-corrected chi connectivity index (χ0v) is 11.6. The van der Waals surface area contributed by atoms with Gasteiger partial charge in [-0.25, -0.2) is 9.97 Å². The van der Waals surface area contributed by atoms with Gasteiger partial charge >= 0.3 is 0 Å². The molecule has 2 N–H and O–H groups in total.